The Bertz CT molecular complexity index is 1470. The smallest absolute Gasteiger partial charge is 0.316 e. The molecular formula is C25H23ClN6O5. The van der Waals surface area contributed by atoms with E-state index in [0.717, 1.165) is 24.0 Å². The van der Waals surface area contributed by atoms with Crippen molar-refractivity contribution in [3.63, 3.8) is 0 Å². The Balaban J connectivity index is 1.24. The first-order chi connectivity index (χ1) is 17.8. The number of carbonyl (C=O) groups excluding carboxylic acids is 3. The predicted octanol–water partition coefficient (Wildman–Crippen LogP) is 2.96. The van der Waals surface area contributed by atoms with E-state index in [0.29, 0.717) is 34.0 Å². The van der Waals surface area contributed by atoms with Crippen LogP contribution in [0.15, 0.2) is 28.8 Å². The molecule has 0 bridgehead atoms. The summed E-state index contributed by atoms with van der Waals surface area (Å²) in [6.07, 6.45) is 3.64. The van der Waals surface area contributed by atoms with Crippen LogP contribution < -0.4 is 15.4 Å². The molecule has 12 heteroatoms. The number of aromatic nitrogens is 3. The monoisotopic (exact) mass is 522 g/mol. The van der Waals surface area contributed by atoms with Crippen LogP contribution in [-0.2, 0) is 21.7 Å². The number of carbonyl (C=O) groups is 3. The van der Waals surface area contributed by atoms with E-state index >= 15 is 0 Å². The summed E-state index contributed by atoms with van der Waals surface area (Å²) in [6, 6.07) is 5.04. The number of rotatable bonds is 6. The Labute approximate surface area is 216 Å². The second-order valence-corrected chi connectivity index (χ2v) is 9.95. The van der Waals surface area contributed by atoms with E-state index in [-0.39, 0.29) is 36.7 Å². The van der Waals surface area contributed by atoms with Crippen LogP contribution in [0.1, 0.15) is 52.7 Å². The van der Waals surface area contributed by atoms with Gasteiger partial charge in [0.05, 0.1) is 18.8 Å². The van der Waals surface area contributed by atoms with Gasteiger partial charge in [0.2, 0.25) is 11.8 Å². The van der Waals surface area contributed by atoms with Gasteiger partial charge in [-0.1, -0.05) is 16.7 Å². The summed E-state index contributed by atoms with van der Waals surface area (Å²) < 4.78 is 11.1. The van der Waals surface area contributed by atoms with Gasteiger partial charge in [0.1, 0.15) is 17.5 Å². The van der Waals surface area contributed by atoms with Gasteiger partial charge in [-0.2, -0.15) is 0 Å². The van der Waals surface area contributed by atoms with E-state index in [4.69, 9.17) is 20.8 Å². The van der Waals surface area contributed by atoms with E-state index in [1.165, 1.54) is 4.90 Å². The molecule has 1 aliphatic carbocycles. The SMILES string of the molecule is COc1cnc(-c2nnc(NC3(c4cc(Cl)c5c(c4)C(=O)N(C4CCC(=O)NC4=O)C5)CC3)o2)c(C)c1. The Morgan fingerprint density at radius 2 is 2.03 bits per heavy atom. The number of fused-ring (bicyclic) bond motifs is 1. The highest BCUT2D eigenvalue weighted by Gasteiger charge is 2.48. The number of hydrogen-bond donors (Lipinski definition) is 2. The molecule has 3 amide bonds. The van der Waals surface area contributed by atoms with Crippen LogP contribution in [0.4, 0.5) is 6.01 Å². The molecule has 1 atom stereocenters. The number of piperidine rings is 1. The van der Waals surface area contributed by atoms with Crippen molar-refractivity contribution in [2.24, 2.45) is 0 Å². The number of methoxy groups -OCH3 is 1. The van der Waals surface area contributed by atoms with Crippen LogP contribution in [0.3, 0.4) is 0 Å². The molecule has 11 nitrogen and oxygen atoms in total. The molecule has 1 aromatic carbocycles. The van der Waals surface area contributed by atoms with Crippen molar-refractivity contribution in [3.05, 3.63) is 51.7 Å². The molecule has 0 radical (unpaired) electrons. The van der Waals surface area contributed by atoms with Crippen LogP contribution in [-0.4, -0.2) is 51.0 Å². The Hall–Kier alpha value is -3.99. The van der Waals surface area contributed by atoms with Gasteiger partial charge in [-0.25, -0.2) is 4.98 Å². The number of amides is 3. The number of imide groups is 1. The fraction of sp³-hybridized carbons (Fsp3) is 0.360. The lowest BCUT2D eigenvalue weighted by atomic mass is 9.99. The van der Waals surface area contributed by atoms with Crippen LogP contribution in [0.2, 0.25) is 5.02 Å². The average molecular weight is 523 g/mol. The van der Waals surface area contributed by atoms with Crippen LogP contribution >= 0.6 is 11.6 Å². The van der Waals surface area contributed by atoms with Crippen molar-refractivity contribution in [1.82, 2.24) is 25.4 Å². The van der Waals surface area contributed by atoms with Gasteiger partial charge < -0.3 is 19.4 Å². The highest BCUT2D eigenvalue weighted by Crippen LogP contribution is 2.50. The minimum absolute atomic E-state index is 0.195. The molecule has 3 aromatic rings. The van der Waals surface area contributed by atoms with Crippen LogP contribution in [0, 0.1) is 6.92 Å². The first-order valence-electron chi connectivity index (χ1n) is 11.9. The minimum atomic E-state index is -0.697. The summed E-state index contributed by atoms with van der Waals surface area (Å²) in [5.41, 5.74) is 2.86. The molecule has 37 heavy (non-hydrogen) atoms. The molecule has 190 valence electrons. The van der Waals surface area contributed by atoms with Gasteiger partial charge in [0.15, 0.2) is 0 Å². The number of nitrogens with one attached hydrogen (secondary N) is 2. The van der Waals surface area contributed by atoms with Gasteiger partial charge in [0.25, 0.3) is 11.8 Å². The molecule has 2 aromatic heterocycles. The third-order valence-corrected chi connectivity index (χ3v) is 7.50. The maximum atomic E-state index is 13.3. The van der Waals surface area contributed by atoms with Gasteiger partial charge in [0, 0.05) is 29.1 Å². The zero-order chi connectivity index (χ0) is 25.9. The highest BCUT2D eigenvalue weighted by molar-refractivity contribution is 6.32. The third kappa shape index (κ3) is 3.99. The lowest BCUT2D eigenvalue weighted by Crippen LogP contribution is -2.52. The normalized spacial score (nSPS) is 20.0. The number of aryl methyl sites for hydroxylation is 1. The maximum absolute atomic E-state index is 13.3. The first-order valence-corrected chi connectivity index (χ1v) is 12.3. The van der Waals surface area contributed by atoms with E-state index < -0.39 is 17.5 Å². The summed E-state index contributed by atoms with van der Waals surface area (Å²) in [5, 5.41) is 14.4. The largest absolute Gasteiger partial charge is 0.495 e. The number of ether oxygens (including phenoxy) is 1. The van der Waals surface area contributed by atoms with Gasteiger partial charge in [-0.3, -0.25) is 19.7 Å². The molecule has 0 spiro atoms. The summed E-state index contributed by atoms with van der Waals surface area (Å²) in [7, 11) is 1.57. The Morgan fingerprint density at radius 1 is 1.22 bits per heavy atom. The standard InChI is InChI=1S/C25H23ClN6O5/c1-12-7-14(36-2)10-27-20(12)22-30-31-24(37-22)29-25(5-6-25)13-8-15-16(17(26)9-13)11-32(23(15)35)18-3-4-19(33)28-21(18)34/h7-10,18H,3-6,11H2,1-2H3,(H,29,31)(H,28,33,34). The maximum Gasteiger partial charge on any atom is 0.316 e. The second kappa shape index (κ2) is 8.55. The molecule has 2 aliphatic heterocycles. The molecule has 3 aliphatic rings. The van der Waals surface area contributed by atoms with Crippen molar-refractivity contribution >= 4 is 35.3 Å². The Morgan fingerprint density at radius 3 is 2.73 bits per heavy atom. The van der Waals surface area contributed by atoms with E-state index in [1.807, 2.05) is 25.1 Å². The quantitative estimate of drug-likeness (QED) is 0.467. The zero-order valence-electron chi connectivity index (χ0n) is 20.1. The second-order valence-electron chi connectivity index (χ2n) is 9.54. The predicted molar refractivity (Wildman–Crippen MR) is 131 cm³/mol. The Kier molecular flexibility index (Phi) is 5.41. The molecule has 4 heterocycles. The third-order valence-electron chi connectivity index (χ3n) is 7.17. The van der Waals surface area contributed by atoms with Gasteiger partial charge in [-0.15, -0.1) is 5.10 Å². The molecule has 1 unspecified atom stereocenters. The molecule has 1 saturated carbocycles. The highest BCUT2D eigenvalue weighted by atomic mass is 35.5. The average Bonchev–Trinajstić information content (AvgIpc) is 3.38. The van der Waals surface area contributed by atoms with Crippen molar-refractivity contribution in [1.29, 1.82) is 0 Å². The summed E-state index contributed by atoms with van der Waals surface area (Å²) in [5.74, 6) is -0.140. The summed E-state index contributed by atoms with van der Waals surface area (Å²) in [6.45, 7) is 2.10. The minimum Gasteiger partial charge on any atom is -0.495 e. The lowest BCUT2D eigenvalue weighted by molar-refractivity contribution is -0.136. The van der Waals surface area contributed by atoms with Crippen molar-refractivity contribution < 1.29 is 23.5 Å². The lowest BCUT2D eigenvalue weighted by Gasteiger charge is -2.29. The summed E-state index contributed by atoms with van der Waals surface area (Å²) in [4.78, 5) is 43.1. The van der Waals surface area contributed by atoms with Crippen molar-refractivity contribution in [3.8, 4) is 17.3 Å². The first kappa shape index (κ1) is 23.4. The number of halogens is 1. The number of benzene rings is 1. The van der Waals surface area contributed by atoms with Crippen molar-refractivity contribution in [2.75, 3.05) is 12.4 Å². The topological polar surface area (TPSA) is 140 Å². The molecule has 6 rings (SSSR count). The van der Waals surface area contributed by atoms with Crippen LogP contribution in [0.5, 0.6) is 5.75 Å². The summed E-state index contributed by atoms with van der Waals surface area (Å²) >= 11 is 6.64. The molecule has 2 N–H and O–H groups in total. The number of nitrogens with zero attached hydrogens (tertiary/aromatic N) is 4. The number of anilines is 1. The molecule has 2 fully saturated rings. The van der Waals surface area contributed by atoms with E-state index in [9.17, 15) is 14.4 Å². The van der Waals surface area contributed by atoms with E-state index in [2.05, 4.69) is 25.8 Å². The molecule has 1 saturated heterocycles. The number of pyridine rings is 1. The van der Waals surface area contributed by atoms with E-state index in [1.54, 1.807) is 13.3 Å². The fourth-order valence-corrected chi connectivity index (χ4v) is 5.24. The van der Waals surface area contributed by atoms with Gasteiger partial charge >= 0.3 is 6.01 Å². The van der Waals surface area contributed by atoms with Crippen molar-refractivity contribution in [2.45, 2.75) is 50.7 Å². The zero-order valence-corrected chi connectivity index (χ0v) is 20.9. The van der Waals surface area contributed by atoms with Gasteiger partial charge in [-0.05, 0) is 55.5 Å². The van der Waals surface area contributed by atoms with Crippen LogP contribution in [0.25, 0.3) is 11.6 Å². The fourth-order valence-electron chi connectivity index (χ4n) is 4.96. The molecular weight excluding hydrogens is 500 g/mol. The number of hydrogen-bond acceptors (Lipinski definition) is 9.